The van der Waals surface area contributed by atoms with Gasteiger partial charge in [-0.3, -0.25) is 14.2 Å². The van der Waals surface area contributed by atoms with Crippen LogP contribution in [0, 0.1) is 0 Å². The molecule has 8 heteroatoms. The topological polar surface area (TPSA) is 61.2 Å². The predicted octanol–water partition coefficient (Wildman–Crippen LogP) is 5.91. The number of benzene rings is 3. The molecule has 4 aromatic rings. The zero-order valence-corrected chi connectivity index (χ0v) is 19.4. The number of aromatic nitrogens is 2. The first-order valence-corrected chi connectivity index (χ1v) is 11.6. The molecule has 0 aliphatic heterocycles. The molecule has 1 aromatic heterocycles. The zero-order chi connectivity index (χ0) is 24.2. The average molecular weight is 481 g/mol. The Labute approximate surface area is 199 Å². The summed E-state index contributed by atoms with van der Waals surface area (Å²) in [5.74, 6) is -0.101. The van der Waals surface area contributed by atoms with Crippen LogP contribution < -0.4 is 10.3 Å². The summed E-state index contributed by atoms with van der Waals surface area (Å²) >= 11 is 1.17. The van der Waals surface area contributed by atoms with Gasteiger partial charge in [0.25, 0.3) is 5.56 Å². The highest BCUT2D eigenvalue weighted by Crippen LogP contribution is 2.28. The monoisotopic (exact) mass is 480 g/mol. The Hall–Kier alpha value is -3.52. The zero-order valence-electron chi connectivity index (χ0n) is 18.6. The van der Waals surface area contributed by atoms with E-state index in [2.05, 4.69) is 9.72 Å². The van der Waals surface area contributed by atoms with Crippen molar-refractivity contribution in [3.63, 3.8) is 0 Å². The van der Waals surface area contributed by atoms with Crippen molar-refractivity contribution in [3.8, 4) is 11.4 Å². The summed E-state index contributed by atoms with van der Waals surface area (Å²) in [5.41, 5.74) is 2.35. The molecule has 1 heterocycles. The number of para-hydroxylation sites is 1. The number of carbonyl (C=O) groups excluding carboxylic acids is 1. The van der Waals surface area contributed by atoms with Gasteiger partial charge >= 0.3 is 6.61 Å². The minimum absolute atomic E-state index is 0.0196. The minimum Gasteiger partial charge on any atom is -0.435 e. The molecule has 0 fully saturated rings. The number of hydrogen-bond acceptors (Lipinski definition) is 5. The molecule has 0 radical (unpaired) electrons. The standard InChI is InChI=1S/C26H22F2N2O3S/c1-3-17-8-10-18(11-9-17)23(31)16(2)34-26-29-22-7-5-4-6-21(22)24(32)30(26)19-12-14-20(15-13-19)33-25(27)28/h4-16,25H,3H2,1-2H3. The van der Waals surface area contributed by atoms with Gasteiger partial charge < -0.3 is 4.74 Å². The Kier molecular flexibility index (Phi) is 7.07. The smallest absolute Gasteiger partial charge is 0.387 e. The van der Waals surface area contributed by atoms with Gasteiger partial charge in [0, 0.05) is 5.56 Å². The number of ether oxygens (including phenoxy) is 1. The van der Waals surface area contributed by atoms with Crippen molar-refractivity contribution in [3.05, 3.63) is 94.3 Å². The van der Waals surface area contributed by atoms with Crippen LogP contribution in [0.4, 0.5) is 8.78 Å². The van der Waals surface area contributed by atoms with Crippen molar-refractivity contribution >= 4 is 28.4 Å². The van der Waals surface area contributed by atoms with Crippen molar-refractivity contribution in [1.29, 1.82) is 0 Å². The Morgan fingerprint density at radius 1 is 1.03 bits per heavy atom. The van der Waals surface area contributed by atoms with Gasteiger partial charge in [0.1, 0.15) is 5.75 Å². The number of ketones is 1. The minimum atomic E-state index is -2.94. The maximum Gasteiger partial charge on any atom is 0.387 e. The van der Waals surface area contributed by atoms with E-state index in [0.717, 1.165) is 12.0 Å². The highest BCUT2D eigenvalue weighted by molar-refractivity contribution is 8.00. The molecule has 1 atom stereocenters. The molecule has 34 heavy (non-hydrogen) atoms. The van der Waals surface area contributed by atoms with E-state index < -0.39 is 11.9 Å². The van der Waals surface area contributed by atoms with Crippen LogP contribution in [0.25, 0.3) is 16.6 Å². The number of aryl methyl sites for hydroxylation is 1. The van der Waals surface area contributed by atoms with Gasteiger partial charge in [0.05, 0.1) is 21.8 Å². The van der Waals surface area contributed by atoms with Gasteiger partial charge in [0.15, 0.2) is 10.9 Å². The van der Waals surface area contributed by atoms with E-state index in [1.54, 1.807) is 43.3 Å². The lowest BCUT2D eigenvalue weighted by Gasteiger charge is -2.16. The Bertz CT molecular complexity index is 1370. The van der Waals surface area contributed by atoms with Crippen LogP contribution in [-0.2, 0) is 6.42 Å². The fraction of sp³-hybridized carbons (Fsp3) is 0.192. The van der Waals surface area contributed by atoms with Crippen molar-refractivity contribution < 1.29 is 18.3 Å². The highest BCUT2D eigenvalue weighted by atomic mass is 32.2. The Balaban J connectivity index is 1.73. The van der Waals surface area contributed by atoms with Crippen LogP contribution in [0.1, 0.15) is 29.8 Å². The molecule has 0 spiro atoms. The molecular formula is C26H22F2N2O3S. The van der Waals surface area contributed by atoms with Gasteiger partial charge in [-0.15, -0.1) is 0 Å². The molecule has 4 rings (SSSR count). The van der Waals surface area contributed by atoms with Crippen LogP contribution >= 0.6 is 11.8 Å². The van der Waals surface area contributed by atoms with Crippen molar-refractivity contribution in [2.75, 3.05) is 0 Å². The molecule has 0 aliphatic carbocycles. The third-order valence-electron chi connectivity index (χ3n) is 5.36. The molecule has 1 unspecified atom stereocenters. The maximum atomic E-state index is 13.4. The lowest BCUT2D eigenvalue weighted by Crippen LogP contribution is -2.23. The van der Waals surface area contributed by atoms with E-state index in [-0.39, 0.29) is 17.1 Å². The summed E-state index contributed by atoms with van der Waals surface area (Å²) in [6.07, 6.45) is 0.882. The highest BCUT2D eigenvalue weighted by Gasteiger charge is 2.21. The molecule has 0 N–H and O–H groups in total. The first-order chi connectivity index (χ1) is 16.4. The maximum absolute atomic E-state index is 13.4. The fourth-order valence-electron chi connectivity index (χ4n) is 3.55. The summed E-state index contributed by atoms with van der Waals surface area (Å²) < 4.78 is 30.9. The molecule has 174 valence electrons. The van der Waals surface area contributed by atoms with Gasteiger partial charge in [-0.2, -0.15) is 8.78 Å². The molecule has 0 amide bonds. The van der Waals surface area contributed by atoms with Gasteiger partial charge in [0.2, 0.25) is 0 Å². The third kappa shape index (κ3) is 5.02. The normalized spacial score (nSPS) is 12.1. The van der Waals surface area contributed by atoms with Crippen molar-refractivity contribution in [1.82, 2.24) is 9.55 Å². The van der Waals surface area contributed by atoms with Gasteiger partial charge in [-0.1, -0.05) is 55.1 Å². The molecular weight excluding hydrogens is 458 g/mol. The second kappa shape index (κ2) is 10.2. The summed E-state index contributed by atoms with van der Waals surface area (Å²) in [5, 5.41) is 0.222. The SMILES string of the molecule is CCc1ccc(C(=O)C(C)Sc2nc3ccccc3c(=O)n2-c2ccc(OC(F)F)cc2)cc1. The number of Topliss-reactive ketones (excluding diaryl/α,β-unsaturated/α-hetero) is 1. The predicted molar refractivity (Wildman–Crippen MR) is 129 cm³/mol. The van der Waals surface area contributed by atoms with Crippen LogP contribution in [0.15, 0.2) is 82.7 Å². The summed E-state index contributed by atoms with van der Waals surface area (Å²) in [4.78, 5) is 31.1. The molecule has 0 saturated carbocycles. The van der Waals surface area contributed by atoms with Crippen LogP contribution in [0.2, 0.25) is 0 Å². The van der Waals surface area contributed by atoms with Crippen LogP contribution in [-0.4, -0.2) is 27.2 Å². The van der Waals surface area contributed by atoms with Crippen molar-refractivity contribution in [2.24, 2.45) is 0 Å². The quantitative estimate of drug-likeness (QED) is 0.178. The Morgan fingerprint density at radius 2 is 1.71 bits per heavy atom. The number of fused-ring (bicyclic) bond motifs is 1. The first kappa shape index (κ1) is 23.6. The number of alkyl halides is 2. The van der Waals surface area contributed by atoms with E-state index in [4.69, 9.17) is 0 Å². The molecule has 3 aromatic carbocycles. The van der Waals surface area contributed by atoms with Crippen molar-refractivity contribution in [2.45, 2.75) is 37.3 Å². The van der Waals surface area contributed by atoms with E-state index in [0.29, 0.717) is 27.3 Å². The molecule has 0 saturated heterocycles. The summed E-state index contributed by atoms with van der Waals surface area (Å²) in [6.45, 7) is 0.873. The summed E-state index contributed by atoms with van der Waals surface area (Å²) in [6, 6.07) is 20.2. The molecule has 5 nitrogen and oxygen atoms in total. The Morgan fingerprint density at radius 3 is 2.35 bits per heavy atom. The van der Waals surface area contributed by atoms with Crippen LogP contribution in [0.5, 0.6) is 5.75 Å². The second-order valence-corrected chi connectivity index (χ2v) is 8.91. The largest absolute Gasteiger partial charge is 0.435 e. The molecule has 0 bridgehead atoms. The lowest BCUT2D eigenvalue weighted by atomic mass is 10.1. The summed E-state index contributed by atoms with van der Waals surface area (Å²) in [7, 11) is 0. The fourth-order valence-corrected chi connectivity index (χ4v) is 4.55. The number of nitrogens with zero attached hydrogens (tertiary/aromatic N) is 2. The number of rotatable bonds is 8. The van der Waals surface area contributed by atoms with E-state index in [1.807, 2.05) is 19.1 Å². The number of thioether (sulfide) groups is 1. The van der Waals surface area contributed by atoms with Crippen LogP contribution in [0.3, 0.4) is 0 Å². The van der Waals surface area contributed by atoms with Gasteiger partial charge in [-0.25, -0.2) is 4.98 Å². The second-order valence-electron chi connectivity index (χ2n) is 7.60. The van der Waals surface area contributed by atoms with Gasteiger partial charge in [-0.05, 0) is 55.3 Å². The molecule has 0 aliphatic rings. The lowest BCUT2D eigenvalue weighted by molar-refractivity contribution is -0.0498. The average Bonchev–Trinajstić information content (AvgIpc) is 2.84. The number of hydrogen-bond donors (Lipinski definition) is 0. The number of halogens is 2. The van der Waals surface area contributed by atoms with E-state index >= 15 is 0 Å². The third-order valence-corrected chi connectivity index (χ3v) is 6.42. The number of carbonyl (C=O) groups is 1. The van der Waals surface area contributed by atoms with E-state index in [1.165, 1.54) is 40.6 Å². The van der Waals surface area contributed by atoms with E-state index in [9.17, 15) is 18.4 Å². The first-order valence-electron chi connectivity index (χ1n) is 10.7.